The highest BCUT2D eigenvalue weighted by Crippen LogP contribution is 2.42. The Morgan fingerprint density at radius 3 is 2.67 bits per heavy atom. The van der Waals surface area contributed by atoms with Crippen molar-refractivity contribution in [1.82, 2.24) is 0 Å². The van der Waals surface area contributed by atoms with Crippen molar-refractivity contribution >= 4 is 5.69 Å². The van der Waals surface area contributed by atoms with E-state index < -0.39 is 5.79 Å². The van der Waals surface area contributed by atoms with E-state index in [2.05, 4.69) is 24.4 Å². The van der Waals surface area contributed by atoms with E-state index in [1.807, 2.05) is 19.9 Å². The van der Waals surface area contributed by atoms with Gasteiger partial charge in [-0.1, -0.05) is 6.92 Å². The number of anilines is 1. The third-order valence-electron chi connectivity index (χ3n) is 3.64. The van der Waals surface area contributed by atoms with E-state index in [1.165, 1.54) is 19.3 Å². The van der Waals surface area contributed by atoms with Crippen molar-refractivity contribution in [2.75, 3.05) is 5.32 Å². The number of nitrogens with one attached hydrogen (secondary N) is 1. The molecule has 1 aliphatic heterocycles. The molecule has 98 valence electrons. The lowest BCUT2D eigenvalue weighted by Crippen LogP contribution is -2.29. The molecule has 0 saturated heterocycles. The van der Waals surface area contributed by atoms with Gasteiger partial charge in [-0.05, 0) is 37.3 Å². The SMILES string of the molecule is CCC(Nc1ccc2c(c1)OC(C)(C)O2)C1CC1. The molecule has 3 nitrogen and oxygen atoms in total. The second kappa shape index (κ2) is 4.08. The van der Waals surface area contributed by atoms with Crippen LogP contribution in [0.4, 0.5) is 5.69 Å². The lowest BCUT2D eigenvalue weighted by molar-refractivity contribution is -0.0431. The van der Waals surface area contributed by atoms with Crippen molar-refractivity contribution in [3.05, 3.63) is 18.2 Å². The molecule has 1 atom stereocenters. The summed E-state index contributed by atoms with van der Waals surface area (Å²) in [5, 5.41) is 3.61. The molecule has 1 unspecified atom stereocenters. The number of benzene rings is 1. The van der Waals surface area contributed by atoms with Gasteiger partial charge in [-0.3, -0.25) is 0 Å². The standard InChI is InChI=1S/C15H21NO2/c1-4-12(10-5-6-10)16-11-7-8-13-14(9-11)18-15(2,3)17-13/h7-10,12,16H,4-6H2,1-3H3. The van der Waals surface area contributed by atoms with Gasteiger partial charge in [0.2, 0.25) is 5.79 Å². The first-order valence-corrected chi connectivity index (χ1v) is 6.86. The zero-order valence-electron chi connectivity index (χ0n) is 11.3. The second-order valence-corrected chi connectivity index (χ2v) is 5.76. The summed E-state index contributed by atoms with van der Waals surface area (Å²) >= 11 is 0. The van der Waals surface area contributed by atoms with Crippen molar-refractivity contribution in [3.63, 3.8) is 0 Å². The average molecular weight is 247 g/mol. The third-order valence-corrected chi connectivity index (χ3v) is 3.64. The molecule has 0 aromatic heterocycles. The molecule has 1 aromatic rings. The van der Waals surface area contributed by atoms with Crippen LogP contribution in [0.15, 0.2) is 18.2 Å². The molecule has 1 N–H and O–H groups in total. The Morgan fingerprint density at radius 1 is 1.28 bits per heavy atom. The minimum absolute atomic E-state index is 0.540. The van der Waals surface area contributed by atoms with E-state index in [0.717, 1.165) is 23.1 Å². The van der Waals surface area contributed by atoms with Crippen molar-refractivity contribution in [1.29, 1.82) is 0 Å². The molecular formula is C15H21NO2. The maximum atomic E-state index is 5.76. The van der Waals surface area contributed by atoms with Crippen LogP contribution in [0.5, 0.6) is 11.5 Å². The van der Waals surface area contributed by atoms with Gasteiger partial charge in [-0.2, -0.15) is 0 Å². The molecule has 1 saturated carbocycles. The predicted molar refractivity (Wildman–Crippen MR) is 72.2 cm³/mol. The van der Waals surface area contributed by atoms with E-state index in [9.17, 15) is 0 Å². The molecule has 0 bridgehead atoms. The summed E-state index contributed by atoms with van der Waals surface area (Å²) in [4.78, 5) is 0. The fourth-order valence-electron chi connectivity index (χ4n) is 2.58. The van der Waals surface area contributed by atoms with Crippen LogP contribution < -0.4 is 14.8 Å². The van der Waals surface area contributed by atoms with Gasteiger partial charge in [0.05, 0.1) is 0 Å². The van der Waals surface area contributed by atoms with Gasteiger partial charge in [0.15, 0.2) is 11.5 Å². The summed E-state index contributed by atoms with van der Waals surface area (Å²) < 4.78 is 11.5. The number of fused-ring (bicyclic) bond motifs is 1. The smallest absolute Gasteiger partial charge is 0.246 e. The number of hydrogen-bond acceptors (Lipinski definition) is 3. The van der Waals surface area contributed by atoms with Crippen molar-refractivity contribution in [2.24, 2.45) is 5.92 Å². The molecular weight excluding hydrogens is 226 g/mol. The Labute approximate surface area is 108 Å². The average Bonchev–Trinajstić information content (AvgIpc) is 3.08. The van der Waals surface area contributed by atoms with Crippen LogP contribution in [-0.2, 0) is 0 Å². The summed E-state index contributed by atoms with van der Waals surface area (Å²) in [5.74, 6) is 2.00. The first kappa shape index (κ1) is 11.7. The molecule has 0 amide bonds. The number of rotatable bonds is 4. The van der Waals surface area contributed by atoms with Crippen LogP contribution >= 0.6 is 0 Å². The molecule has 3 heteroatoms. The van der Waals surface area contributed by atoms with E-state index in [1.54, 1.807) is 0 Å². The Bertz CT molecular complexity index is 452. The molecule has 1 aromatic carbocycles. The van der Waals surface area contributed by atoms with Crippen molar-refractivity contribution in [3.8, 4) is 11.5 Å². The van der Waals surface area contributed by atoms with Gasteiger partial charge in [-0.25, -0.2) is 0 Å². The predicted octanol–water partition coefficient (Wildman–Crippen LogP) is 3.79. The minimum atomic E-state index is -0.540. The highest BCUT2D eigenvalue weighted by atomic mass is 16.7. The summed E-state index contributed by atoms with van der Waals surface area (Å²) in [6.45, 7) is 6.10. The summed E-state index contributed by atoms with van der Waals surface area (Å²) in [6.07, 6.45) is 3.90. The van der Waals surface area contributed by atoms with E-state index in [-0.39, 0.29) is 0 Å². The second-order valence-electron chi connectivity index (χ2n) is 5.76. The van der Waals surface area contributed by atoms with Crippen molar-refractivity contribution < 1.29 is 9.47 Å². The van der Waals surface area contributed by atoms with Gasteiger partial charge >= 0.3 is 0 Å². The molecule has 2 aliphatic rings. The van der Waals surface area contributed by atoms with Crippen LogP contribution in [0.25, 0.3) is 0 Å². The minimum Gasteiger partial charge on any atom is -0.449 e. The molecule has 1 aliphatic carbocycles. The highest BCUT2D eigenvalue weighted by molar-refractivity contribution is 5.56. The van der Waals surface area contributed by atoms with Gasteiger partial charge in [0.1, 0.15) is 0 Å². The molecule has 3 rings (SSSR count). The zero-order valence-corrected chi connectivity index (χ0v) is 11.3. The lowest BCUT2D eigenvalue weighted by atomic mass is 10.1. The topological polar surface area (TPSA) is 30.5 Å². The van der Waals surface area contributed by atoms with Crippen LogP contribution in [-0.4, -0.2) is 11.8 Å². The first-order valence-electron chi connectivity index (χ1n) is 6.86. The normalized spacial score (nSPS) is 21.7. The van der Waals surface area contributed by atoms with Gasteiger partial charge < -0.3 is 14.8 Å². The summed E-state index contributed by atoms with van der Waals surface area (Å²) in [7, 11) is 0. The van der Waals surface area contributed by atoms with Gasteiger partial charge in [0.25, 0.3) is 0 Å². The van der Waals surface area contributed by atoms with Crippen LogP contribution in [0, 0.1) is 5.92 Å². The fraction of sp³-hybridized carbons (Fsp3) is 0.600. The third kappa shape index (κ3) is 2.26. The van der Waals surface area contributed by atoms with E-state index >= 15 is 0 Å². The van der Waals surface area contributed by atoms with Gasteiger partial charge in [-0.15, -0.1) is 0 Å². The van der Waals surface area contributed by atoms with Crippen LogP contribution in [0.1, 0.15) is 40.0 Å². The molecule has 1 fully saturated rings. The van der Waals surface area contributed by atoms with E-state index in [4.69, 9.17) is 9.47 Å². The zero-order chi connectivity index (χ0) is 12.8. The van der Waals surface area contributed by atoms with E-state index in [0.29, 0.717) is 6.04 Å². The molecule has 18 heavy (non-hydrogen) atoms. The largest absolute Gasteiger partial charge is 0.449 e. The lowest BCUT2D eigenvalue weighted by Gasteiger charge is -2.18. The Morgan fingerprint density at radius 2 is 2.00 bits per heavy atom. The highest BCUT2D eigenvalue weighted by Gasteiger charge is 2.33. The quantitative estimate of drug-likeness (QED) is 0.878. The Hall–Kier alpha value is -1.38. The maximum Gasteiger partial charge on any atom is 0.246 e. The monoisotopic (exact) mass is 247 g/mol. The summed E-state index contributed by atoms with van der Waals surface area (Å²) in [6, 6.07) is 6.72. The number of ether oxygens (including phenoxy) is 2. The Balaban J connectivity index is 1.75. The van der Waals surface area contributed by atoms with Crippen molar-refractivity contribution in [2.45, 2.75) is 51.9 Å². The molecule has 0 radical (unpaired) electrons. The van der Waals surface area contributed by atoms with Crippen LogP contribution in [0.2, 0.25) is 0 Å². The van der Waals surface area contributed by atoms with Crippen LogP contribution in [0.3, 0.4) is 0 Å². The summed E-state index contributed by atoms with van der Waals surface area (Å²) in [5.41, 5.74) is 1.13. The molecule has 0 spiro atoms. The number of hydrogen-bond donors (Lipinski definition) is 1. The molecule has 1 heterocycles. The maximum absolute atomic E-state index is 5.76. The fourth-order valence-corrected chi connectivity index (χ4v) is 2.58. The Kier molecular flexibility index (Phi) is 2.65. The van der Waals surface area contributed by atoms with Gasteiger partial charge in [0, 0.05) is 31.6 Å². The first-order chi connectivity index (χ1) is 8.57.